The molecule has 0 aliphatic carbocycles. The molecule has 1 spiro atoms. The molecule has 1 unspecified atom stereocenters. The molecule has 0 aromatic heterocycles. The predicted octanol–water partition coefficient (Wildman–Crippen LogP) is 1.08. The van der Waals surface area contributed by atoms with Crippen LogP contribution in [0.2, 0.25) is 0 Å². The Morgan fingerprint density at radius 3 is 2.77 bits per heavy atom. The van der Waals surface area contributed by atoms with Gasteiger partial charge in [-0.3, -0.25) is 4.79 Å². The molecule has 2 aliphatic heterocycles. The van der Waals surface area contributed by atoms with Gasteiger partial charge in [-0.2, -0.15) is 0 Å². The molecule has 2 aliphatic rings. The summed E-state index contributed by atoms with van der Waals surface area (Å²) in [5.41, 5.74) is 0.115. The lowest BCUT2D eigenvalue weighted by molar-refractivity contribution is -0.130. The third-order valence-electron chi connectivity index (χ3n) is 2.96. The van der Waals surface area contributed by atoms with E-state index in [1.54, 1.807) is 0 Å². The van der Waals surface area contributed by atoms with Crippen molar-refractivity contribution in [3.63, 3.8) is 0 Å². The van der Waals surface area contributed by atoms with E-state index in [2.05, 4.69) is 19.2 Å². The van der Waals surface area contributed by atoms with Crippen molar-refractivity contribution in [1.29, 1.82) is 0 Å². The van der Waals surface area contributed by atoms with Gasteiger partial charge >= 0.3 is 0 Å². The Hall–Kier alpha value is -0.570. The van der Waals surface area contributed by atoms with E-state index in [1.165, 1.54) is 0 Å². The molecular weight excluding hydrogens is 166 g/mol. The highest BCUT2D eigenvalue weighted by Crippen LogP contribution is 2.43. The molecule has 74 valence electrons. The number of amides is 1. The lowest BCUT2D eigenvalue weighted by atomic mass is 9.79. The SMILES string of the molecule is CC1(C)COC2(CCNC(=O)C2)C1. The molecule has 2 heterocycles. The third-order valence-corrected chi connectivity index (χ3v) is 2.96. The normalized spacial score (nSPS) is 37.8. The fourth-order valence-electron chi connectivity index (χ4n) is 2.47. The van der Waals surface area contributed by atoms with Gasteiger partial charge in [0.1, 0.15) is 0 Å². The van der Waals surface area contributed by atoms with E-state index in [9.17, 15) is 4.79 Å². The molecule has 2 fully saturated rings. The van der Waals surface area contributed by atoms with E-state index >= 15 is 0 Å². The Bertz CT molecular complexity index is 237. The van der Waals surface area contributed by atoms with Gasteiger partial charge in [0.25, 0.3) is 0 Å². The first kappa shape index (κ1) is 9.00. The topological polar surface area (TPSA) is 38.3 Å². The highest BCUT2D eigenvalue weighted by molar-refractivity contribution is 5.78. The summed E-state index contributed by atoms with van der Waals surface area (Å²) >= 11 is 0. The van der Waals surface area contributed by atoms with Gasteiger partial charge in [-0.25, -0.2) is 0 Å². The monoisotopic (exact) mass is 183 g/mol. The maximum Gasteiger partial charge on any atom is 0.222 e. The molecule has 2 rings (SSSR count). The fraction of sp³-hybridized carbons (Fsp3) is 0.900. The van der Waals surface area contributed by atoms with Crippen molar-refractivity contribution in [3.05, 3.63) is 0 Å². The number of nitrogens with one attached hydrogen (secondary N) is 1. The van der Waals surface area contributed by atoms with Crippen molar-refractivity contribution in [2.24, 2.45) is 5.41 Å². The third kappa shape index (κ3) is 1.70. The molecular formula is C10H17NO2. The van der Waals surface area contributed by atoms with Crippen molar-refractivity contribution >= 4 is 5.91 Å². The van der Waals surface area contributed by atoms with Crippen LogP contribution < -0.4 is 5.32 Å². The summed E-state index contributed by atoms with van der Waals surface area (Å²) in [6.45, 7) is 5.97. The summed E-state index contributed by atoms with van der Waals surface area (Å²) in [5, 5.41) is 2.84. The van der Waals surface area contributed by atoms with Crippen LogP contribution in [0.15, 0.2) is 0 Å². The maximum absolute atomic E-state index is 11.2. The molecule has 1 N–H and O–H groups in total. The zero-order valence-electron chi connectivity index (χ0n) is 8.35. The standard InChI is InChI=1S/C10H17NO2/c1-9(2)6-10(13-7-9)3-4-11-8(12)5-10/h3-7H2,1-2H3,(H,11,12). The van der Waals surface area contributed by atoms with E-state index in [0.717, 1.165) is 26.0 Å². The molecule has 0 radical (unpaired) electrons. The summed E-state index contributed by atoms with van der Waals surface area (Å²) in [6.07, 6.45) is 2.55. The first-order valence-corrected chi connectivity index (χ1v) is 4.92. The largest absolute Gasteiger partial charge is 0.374 e. The summed E-state index contributed by atoms with van der Waals surface area (Å²) in [7, 11) is 0. The van der Waals surface area contributed by atoms with Crippen LogP contribution in [0.25, 0.3) is 0 Å². The highest BCUT2D eigenvalue weighted by Gasteiger charge is 2.46. The van der Waals surface area contributed by atoms with Gasteiger partial charge in [0.15, 0.2) is 0 Å². The van der Waals surface area contributed by atoms with Crippen LogP contribution in [0.3, 0.4) is 0 Å². The van der Waals surface area contributed by atoms with Crippen LogP contribution >= 0.6 is 0 Å². The highest BCUT2D eigenvalue weighted by atomic mass is 16.5. The molecule has 0 saturated carbocycles. The van der Waals surface area contributed by atoms with E-state index < -0.39 is 0 Å². The van der Waals surface area contributed by atoms with Gasteiger partial charge in [0, 0.05) is 6.54 Å². The average Bonchev–Trinajstić information content (AvgIpc) is 2.26. The Morgan fingerprint density at radius 1 is 1.46 bits per heavy atom. The maximum atomic E-state index is 11.2. The van der Waals surface area contributed by atoms with E-state index in [-0.39, 0.29) is 16.9 Å². The minimum atomic E-state index is -0.133. The molecule has 1 amide bonds. The number of hydrogen-bond acceptors (Lipinski definition) is 2. The molecule has 0 aromatic rings. The molecule has 1 atom stereocenters. The van der Waals surface area contributed by atoms with Crippen molar-refractivity contribution in [2.45, 2.75) is 38.7 Å². The van der Waals surface area contributed by atoms with Gasteiger partial charge < -0.3 is 10.1 Å². The van der Waals surface area contributed by atoms with Gasteiger partial charge in [0.05, 0.1) is 18.6 Å². The quantitative estimate of drug-likeness (QED) is 0.610. The summed E-state index contributed by atoms with van der Waals surface area (Å²) in [6, 6.07) is 0. The Morgan fingerprint density at radius 2 is 2.23 bits per heavy atom. The first-order chi connectivity index (χ1) is 6.02. The van der Waals surface area contributed by atoms with Crippen molar-refractivity contribution in [2.75, 3.05) is 13.2 Å². The fourth-order valence-corrected chi connectivity index (χ4v) is 2.47. The number of carbonyl (C=O) groups excluding carboxylic acids is 1. The second-order valence-electron chi connectivity index (χ2n) is 5.09. The van der Waals surface area contributed by atoms with Crippen LogP contribution in [-0.4, -0.2) is 24.7 Å². The molecule has 3 heteroatoms. The zero-order valence-corrected chi connectivity index (χ0v) is 8.35. The molecule has 0 bridgehead atoms. The number of carbonyl (C=O) groups is 1. The van der Waals surface area contributed by atoms with Crippen LogP contribution in [0, 0.1) is 5.41 Å². The second kappa shape index (κ2) is 2.71. The second-order valence-corrected chi connectivity index (χ2v) is 5.09. The number of ether oxygens (including phenoxy) is 1. The smallest absolute Gasteiger partial charge is 0.222 e. The average molecular weight is 183 g/mol. The summed E-state index contributed by atoms with van der Waals surface area (Å²) in [4.78, 5) is 11.2. The van der Waals surface area contributed by atoms with Crippen molar-refractivity contribution < 1.29 is 9.53 Å². The van der Waals surface area contributed by atoms with Crippen LogP contribution in [0.4, 0.5) is 0 Å². The van der Waals surface area contributed by atoms with Gasteiger partial charge in [-0.1, -0.05) is 13.8 Å². The number of hydrogen-bond donors (Lipinski definition) is 1. The lowest BCUT2D eigenvalue weighted by Gasteiger charge is -2.32. The van der Waals surface area contributed by atoms with Crippen molar-refractivity contribution in [1.82, 2.24) is 5.32 Å². The van der Waals surface area contributed by atoms with Crippen LogP contribution in [0.5, 0.6) is 0 Å². The minimum Gasteiger partial charge on any atom is -0.374 e. The first-order valence-electron chi connectivity index (χ1n) is 4.92. The zero-order chi connectivity index (χ0) is 9.53. The van der Waals surface area contributed by atoms with Crippen molar-refractivity contribution in [3.8, 4) is 0 Å². The van der Waals surface area contributed by atoms with Crippen LogP contribution in [0.1, 0.15) is 33.1 Å². The van der Waals surface area contributed by atoms with Gasteiger partial charge in [-0.05, 0) is 18.3 Å². The molecule has 0 aromatic carbocycles. The molecule has 13 heavy (non-hydrogen) atoms. The Kier molecular flexibility index (Phi) is 1.88. The Labute approximate surface area is 78.8 Å². The molecule has 3 nitrogen and oxygen atoms in total. The molecule has 2 saturated heterocycles. The lowest BCUT2D eigenvalue weighted by Crippen LogP contribution is -2.45. The Balaban J connectivity index is 2.09. The summed E-state index contributed by atoms with van der Waals surface area (Å²) < 4.78 is 5.81. The van der Waals surface area contributed by atoms with Gasteiger partial charge in [-0.15, -0.1) is 0 Å². The van der Waals surface area contributed by atoms with E-state index in [0.29, 0.717) is 6.42 Å². The minimum absolute atomic E-state index is 0.133. The van der Waals surface area contributed by atoms with E-state index in [1.807, 2.05) is 0 Å². The predicted molar refractivity (Wildman–Crippen MR) is 49.3 cm³/mol. The number of rotatable bonds is 0. The number of piperidine rings is 1. The summed E-state index contributed by atoms with van der Waals surface area (Å²) in [5.74, 6) is 0.143. The van der Waals surface area contributed by atoms with Crippen LogP contribution in [-0.2, 0) is 9.53 Å². The van der Waals surface area contributed by atoms with Gasteiger partial charge in [0.2, 0.25) is 5.91 Å². The van der Waals surface area contributed by atoms with E-state index in [4.69, 9.17) is 4.74 Å².